The lowest BCUT2D eigenvalue weighted by molar-refractivity contribution is 0.850. The van der Waals surface area contributed by atoms with Crippen LogP contribution in [0.4, 0.5) is 0 Å². The summed E-state index contributed by atoms with van der Waals surface area (Å²) in [6.07, 6.45) is 0. The third-order valence-electron chi connectivity index (χ3n) is 0.633. The van der Waals surface area contributed by atoms with E-state index in [2.05, 4.69) is 10.3 Å². The van der Waals surface area contributed by atoms with E-state index in [0.717, 1.165) is 6.54 Å². The molecule has 0 aromatic carbocycles. The third-order valence-corrected chi connectivity index (χ3v) is 0.886. The average Bonchev–Trinajstić information content (AvgIpc) is 1.86. The Kier molecular flexibility index (Phi) is 1.08. The van der Waals surface area contributed by atoms with E-state index >= 15 is 0 Å². The van der Waals surface area contributed by atoms with Crippen LogP contribution in [0.1, 0.15) is 0 Å². The molecule has 3 heteroatoms. The predicted octanol–water partition coefficient (Wildman–Crippen LogP) is 0.184. The highest BCUT2D eigenvalue weighted by Crippen LogP contribution is 1.88. The maximum atomic E-state index is 5.40. The Morgan fingerprint density at radius 2 is 2.67 bits per heavy atom. The van der Waals surface area contributed by atoms with Gasteiger partial charge >= 0.3 is 0 Å². The molecule has 0 unspecified atom stereocenters. The minimum absolute atomic E-state index is 0.690. The summed E-state index contributed by atoms with van der Waals surface area (Å²) in [4.78, 5) is 3.81. The van der Waals surface area contributed by atoms with Crippen LogP contribution in [0, 0.1) is 0 Å². The number of aliphatic imine (C=N–C) groups is 1. The molecule has 1 aliphatic heterocycles. The topological polar surface area (TPSA) is 24.4 Å². The van der Waals surface area contributed by atoms with Gasteiger partial charge in [0.15, 0.2) is 0 Å². The Hall–Kier alpha value is -0.0800. The molecule has 0 atom stereocenters. The van der Waals surface area contributed by atoms with Gasteiger partial charge in [0.1, 0.15) is 5.17 Å². The summed E-state index contributed by atoms with van der Waals surface area (Å²) in [6.45, 7) is 1.44. The monoisotopic (exact) mass is 104 g/mol. The highest BCUT2D eigenvalue weighted by molar-refractivity contribution is 6.66. The number of rotatable bonds is 0. The summed E-state index contributed by atoms with van der Waals surface area (Å²) >= 11 is 5.40. The van der Waals surface area contributed by atoms with E-state index in [-0.39, 0.29) is 0 Å². The molecular weight excluding hydrogens is 99.5 g/mol. The van der Waals surface area contributed by atoms with Crippen LogP contribution in [-0.4, -0.2) is 18.4 Å². The van der Waals surface area contributed by atoms with E-state index in [1.807, 2.05) is 0 Å². The molecule has 0 radical (unpaired) electrons. The molecule has 6 heavy (non-hydrogen) atoms. The van der Waals surface area contributed by atoms with Gasteiger partial charge in [-0.1, -0.05) is 11.6 Å². The molecule has 0 aromatic heterocycles. The number of hydrogen-bond acceptors (Lipinski definition) is 2. The van der Waals surface area contributed by atoms with Crippen LogP contribution in [0.5, 0.6) is 0 Å². The number of nitrogens with one attached hydrogen (secondary N) is 1. The van der Waals surface area contributed by atoms with Gasteiger partial charge in [-0.3, -0.25) is 10.3 Å². The highest BCUT2D eigenvalue weighted by Gasteiger charge is 1.97. The number of nitrogens with zero attached hydrogens (tertiary/aromatic N) is 1. The first kappa shape index (κ1) is 4.09. The molecule has 0 aromatic rings. The molecule has 0 bridgehead atoms. The van der Waals surface area contributed by atoms with E-state index in [0.29, 0.717) is 11.8 Å². The standard InChI is InChI=1S/C3H5ClN2/c4-3-1-5-2-6-3/h5H,1-2H2. The van der Waals surface area contributed by atoms with Crippen molar-refractivity contribution in [3.05, 3.63) is 0 Å². The molecule has 0 saturated carbocycles. The fourth-order valence-electron chi connectivity index (χ4n) is 0.357. The van der Waals surface area contributed by atoms with Gasteiger partial charge in [0, 0.05) is 0 Å². The van der Waals surface area contributed by atoms with Crippen molar-refractivity contribution in [2.75, 3.05) is 13.2 Å². The van der Waals surface area contributed by atoms with Crippen molar-refractivity contribution in [1.82, 2.24) is 5.32 Å². The fourth-order valence-corrected chi connectivity index (χ4v) is 0.511. The van der Waals surface area contributed by atoms with Gasteiger partial charge in [-0.05, 0) is 0 Å². The second-order valence-corrected chi connectivity index (χ2v) is 1.56. The molecule has 1 rings (SSSR count). The third kappa shape index (κ3) is 0.698. The van der Waals surface area contributed by atoms with Crippen molar-refractivity contribution in [2.45, 2.75) is 0 Å². The molecule has 34 valence electrons. The molecule has 1 N–H and O–H groups in total. The Morgan fingerprint density at radius 1 is 1.83 bits per heavy atom. The van der Waals surface area contributed by atoms with Crippen LogP contribution in [0.2, 0.25) is 0 Å². The van der Waals surface area contributed by atoms with E-state index in [1.165, 1.54) is 0 Å². The van der Waals surface area contributed by atoms with Gasteiger partial charge in [-0.15, -0.1) is 0 Å². The van der Waals surface area contributed by atoms with Crippen LogP contribution >= 0.6 is 11.6 Å². The summed E-state index contributed by atoms with van der Waals surface area (Å²) in [5, 5.41) is 3.63. The second kappa shape index (κ2) is 1.58. The smallest absolute Gasteiger partial charge is 0.116 e. The van der Waals surface area contributed by atoms with Crippen LogP contribution in [0.25, 0.3) is 0 Å². The van der Waals surface area contributed by atoms with E-state index < -0.39 is 0 Å². The van der Waals surface area contributed by atoms with Crippen LogP contribution < -0.4 is 5.32 Å². The average molecular weight is 105 g/mol. The fraction of sp³-hybridized carbons (Fsp3) is 0.667. The van der Waals surface area contributed by atoms with E-state index in [4.69, 9.17) is 11.6 Å². The Balaban J connectivity index is 2.45. The minimum Gasteiger partial charge on any atom is -0.292 e. The van der Waals surface area contributed by atoms with Crippen LogP contribution in [0.15, 0.2) is 4.99 Å². The zero-order valence-corrected chi connectivity index (χ0v) is 4.00. The van der Waals surface area contributed by atoms with Crippen molar-refractivity contribution in [3.63, 3.8) is 0 Å². The summed E-state index contributed by atoms with van der Waals surface area (Å²) in [5.41, 5.74) is 0. The molecule has 0 amide bonds. The van der Waals surface area contributed by atoms with E-state index in [9.17, 15) is 0 Å². The van der Waals surface area contributed by atoms with Crippen molar-refractivity contribution in [3.8, 4) is 0 Å². The summed E-state index contributed by atoms with van der Waals surface area (Å²) in [6, 6.07) is 0. The summed E-state index contributed by atoms with van der Waals surface area (Å²) < 4.78 is 0. The minimum atomic E-state index is 0.690. The number of halogens is 1. The molecule has 0 saturated heterocycles. The molecule has 1 heterocycles. The SMILES string of the molecule is ClC1=NCNC1. The highest BCUT2D eigenvalue weighted by atomic mass is 35.5. The van der Waals surface area contributed by atoms with Crippen molar-refractivity contribution >= 4 is 16.8 Å². The number of hydrogen-bond donors (Lipinski definition) is 1. The lowest BCUT2D eigenvalue weighted by Crippen LogP contribution is -2.09. The first-order valence-electron chi connectivity index (χ1n) is 1.79. The van der Waals surface area contributed by atoms with Gasteiger partial charge in [0.2, 0.25) is 0 Å². The Bertz CT molecular complexity index is 78.9. The molecule has 2 nitrogen and oxygen atoms in total. The lowest BCUT2D eigenvalue weighted by atomic mass is 10.7. The van der Waals surface area contributed by atoms with Crippen molar-refractivity contribution < 1.29 is 0 Å². The van der Waals surface area contributed by atoms with Gasteiger partial charge in [-0.25, -0.2) is 0 Å². The van der Waals surface area contributed by atoms with Gasteiger partial charge in [0.25, 0.3) is 0 Å². The van der Waals surface area contributed by atoms with Crippen LogP contribution in [0.3, 0.4) is 0 Å². The first-order valence-corrected chi connectivity index (χ1v) is 2.17. The summed E-state index contributed by atoms with van der Waals surface area (Å²) in [5.74, 6) is 0. The van der Waals surface area contributed by atoms with E-state index in [1.54, 1.807) is 0 Å². The Labute approximate surface area is 41.2 Å². The Morgan fingerprint density at radius 3 is 2.83 bits per heavy atom. The zero-order chi connectivity index (χ0) is 4.41. The maximum Gasteiger partial charge on any atom is 0.116 e. The lowest BCUT2D eigenvalue weighted by Gasteiger charge is -1.77. The van der Waals surface area contributed by atoms with Crippen LogP contribution in [-0.2, 0) is 0 Å². The molecular formula is C3H5ClN2. The normalized spacial score (nSPS) is 21.2. The second-order valence-electron chi connectivity index (χ2n) is 1.12. The largest absolute Gasteiger partial charge is 0.292 e. The van der Waals surface area contributed by atoms with Gasteiger partial charge in [-0.2, -0.15) is 0 Å². The van der Waals surface area contributed by atoms with Crippen molar-refractivity contribution in [1.29, 1.82) is 0 Å². The molecule has 1 aliphatic rings. The summed E-state index contributed by atoms with van der Waals surface area (Å²) in [7, 11) is 0. The van der Waals surface area contributed by atoms with Crippen molar-refractivity contribution in [2.24, 2.45) is 4.99 Å². The quantitative estimate of drug-likeness (QED) is 0.466. The van der Waals surface area contributed by atoms with Gasteiger partial charge < -0.3 is 0 Å². The predicted molar refractivity (Wildman–Crippen MR) is 26.2 cm³/mol. The van der Waals surface area contributed by atoms with Gasteiger partial charge in [0.05, 0.1) is 13.2 Å². The first-order chi connectivity index (χ1) is 2.89. The molecule has 0 aliphatic carbocycles. The molecule has 0 fully saturated rings. The molecule has 0 spiro atoms. The zero-order valence-electron chi connectivity index (χ0n) is 3.24. The maximum absolute atomic E-state index is 5.40.